The summed E-state index contributed by atoms with van der Waals surface area (Å²) >= 11 is 0. The Morgan fingerprint density at radius 1 is 1.33 bits per heavy atom. The van der Waals surface area contributed by atoms with E-state index in [9.17, 15) is 4.79 Å². The van der Waals surface area contributed by atoms with E-state index in [4.69, 9.17) is 4.74 Å². The van der Waals surface area contributed by atoms with E-state index >= 15 is 0 Å². The quantitative estimate of drug-likeness (QED) is 0.809. The third kappa shape index (κ3) is 4.28. The van der Waals surface area contributed by atoms with Crippen molar-refractivity contribution in [2.24, 2.45) is 0 Å². The van der Waals surface area contributed by atoms with Crippen LogP contribution in [0.5, 0.6) is 0 Å². The molecule has 0 unspecified atom stereocenters. The van der Waals surface area contributed by atoms with E-state index < -0.39 is 0 Å². The Balaban J connectivity index is 1.95. The molecule has 0 radical (unpaired) electrons. The number of ether oxygens (including phenoxy) is 1. The molecule has 1 amide bonds. The Labute approximate surface area is 123 Å². The largest absolute Gasteiger partial charge is 0.384 e. The lowest BCUT2D eigenvalue weighted by molar-refractivity contribution is 0.102. The number of aromatic nitrogens is 3. The van der Waals surface area contributed by atoms with Gasteiger partial charge in [0, 0.05) is 19.9 Å². The first-order chi connectivity index (χ1) is 10.2. The highest BCUT2D eigenvalue weighted by Gasteiger charge is 2.09. The van der Waals surface area contributed by atoms with Crippen molar-refractivity contribution in [1.82, 2.24) is 14.8 Å². The minimum Gasteiger partial charge on any atom is -0.384 e. The zero-order valence-corrected chi connectivity index (χ0v) is 12.2. The Hall–Kier alpha value is -2.41. The van der Waals surface area contributed by atoms with Crippen molar-refractivity contribution in [3.05, 3.63) is 36.4 Å². The first-order valence-corrected chi connectivity index (χ1v) is 6.75. The summed E-state index contributed by atoms with van der Waals surface area (Å²) in [5.41, 5.74) is 1.89. The van der Waals surface area contributed by atoms with Crippen molar-refractivity contribution in [3.63, 3.8) is 0 Å². The molecule has 21 heavy (non-hydrogen) atoms. The number of nitrogens with zero attached hydrogens (tertiary/aromatic N) is 3. The SMILES string of the molecule is CCNc1ccc(C(=O)Nc2cnn(CCOC)c2)nc1. The van der Waals surface area contributed by atoms with Gasteiger partial charge >= 0.3 is 0 Å². The predicted molar refractivity (Wildman–Crippen MR) is 80.5 cm³/mol. The van der Waals surface area contributed by atoms with Crippen molar-refractivity contribution >= 4 is 17.3 Å². The molecule has 0 fully saturated rings. The molecule has 2 rings (SSSR count). The number of carbonyl (C=O) groups excluding carboxylic acids is 1. The van der Waals surface area contributed by atoms with E-state index in [1.807, 2.05) is 13.0 Å². The summed E-state index contributed by atoms with van der Waals surface area (Å²) in [4.78, 5) is 16.2. The molecule has 7 nitrogen and oxygen atoms in total. The number of nitrogens with one attached hydrogen (secondary N) is 2. The maximum Gasteiger partial charge on any atom is 0.274 e. The Morgan fingerprint density at radius 2 is 2.19 bits per heavy atom. The normalized spacial score (nSPS) is 10.4. The molecule has 2 heterocycles. The molecule has 112 valence electrons. The van der Waals surface area contributed by atoms with Crippen LogP contribution in [0.1, 0.15) is 17.4 Å². The number of rotatable bonds is 7. The van der Waals surface area contributed by atoms with E-state index in [2.05, 4.69) is 20.7 Å². The average molecular weight is 289 g/mol. The highest BCUT2D eigenvalue weighted by Crippen LogP contribution is 2.09. The number of anilines is 2. The summed E-state index contributed by atoms with van der Waals surface area (Å²) in [6.07, 6.45) is 4.99. The fraction of sp³-hybridized carbons (Fsp3) is 0.357. The first-order valence-electron chi connectivity index (χ1n) is 6.75. The topological polar surface area (TPSA) is 81.1 Å². The molecule has 0 saturated heterocycles. The van der Waals surface area contributed by atoms with Gasteiger partial charge < -0.3 is 15.4 Å². The van der Waals surface area contributed by atoms with Crippen LogP contribution in [0.2, 0.25) is 0 Å². The molecule has 0 aromatic carbocycles. The third-order valence-electron chi connectivity index (χ3n) is 2.79. The van der Waals surface area contributed by atoms with Gasteiger partial charge in [0.05, 0.1) is 36.9 Å². The molecule has 0 aliphatic rings. The smallest absolute Gasteiger partial charge is 0.274 e. The van der Waals surface area contributed by atoms with Crippen LogP contribution in [-0.2, 0) is 11.3 Å². The van der Waals surface area contributed by atoms with Gasteiger partial charge in [0.25, 0.3) is 5.91 Å². The highest BCUT2D eigenvalue weighted by molar-refractivity contribution is 6.02. The maximum atomic E-state index is 12.1. The van der Waals surface area contributed by atoms with Crippen LogP contribution in [0, 0.1) is 0 Å². The fourth-order valence-electron chi connectivity index (χ4n) is 1.77. The van der Waals surface area contributed by atoms with Gasteiger partial charge in [-0.05, 0) is 19.1 Å². The van der Waals surface area contributed by atoms with Crippen LogP contribution in [0.15, 0.2) is 30.7 Å². The van der Waals surface area contributed by atoms with Crippen LogP contribution in [-0.4, -0.2) is 40.9 Å². The lowest BCUT2D eigenvalue weighted by atomic mass is 10.3. The van der Waals surface area contributed by atoms with Gasteiger partial charge in [-0.2, -0.15) is 5.10 Å². The van der Waals surface area contributed by atoms with Gasteiger partial charge in [0.15, 0.2) is 0 Å². The Kier molecular flexibility index (Phi) is 5.28. The number of carbonyl (C=O) groups is 1. The monoisotopic (exact) mass is 289 g/mol. The summed E-state index contributed by atoms with van der Waals surface area (Å²) in [6.45, 7) is 4.03. The minimum absolute atomic E-state index is 0.260. The molecule has 0 atom stereocenters. The van der Waals surface area contributed by atoms with Gasteiger partial charge in [0.2, 0.25) is 0 Å². The summed E-state index contributed by atoms with van der Waals surface area (Å²) in [5.74, 6) is -0.260. The minimum atomic E-state index is -0.260. The molecule has 0 saturated carbocycles. The zero-order chi connectivity index (χ0) is 15.1. The van der Waals surface area contributed by atoms with Gasteiger partial charge in [0.1, 0.15) is 5.69 Å². The predicted octanol–water partition coefficient (Wildman–Crippen LogP) is 1.61. The lowest BCUT2D eigenvalue weighted by Gasteiger charge is -2.04. The van der Waals surface area contributed by atoms with Crippen LogP contribution in [0.4, 0.5) is 11.4 Å². The Bertz CT molecular complexity index is 579. The zero-order valence-electron chi connectivity index (χ0n) is 12.2. The van der Waals surface area contributed by atoms with Crippen molar-refractivity contribution in [1.29, 1.82) is 0 Å². The van der Waals surface area contributed by atoms with Gasteiger partial charge in [-0.1, -0.05) is 0 Å². The number of pyridine rings is 1. The number of methoxy groups -OCH3 is 1. The number of hydrogen-bond donors (Lipinski definition) is 2. The summed E-state index contributed by atoms with van der Waals surface area (Å²) < 4.78 is 6.68. The first kappa shape index (κ1) is 15.0. The van der Waals surface area contributed by atoms with E-state index in [1.54, 1.807) is 36.4 Å². The summed E-state index contributed by atoms with van der Waals surface area (Å²) in [5, 5.41) is 10.0. The Morgan fingerprint density at radius 3 is 2.86 bits per heavy atom. The molecule has 2 N–H and O–H groups in total. The summed E-state index contributed by atoms with van der Waals surface area (Å²) in [6, 6.07) is 3.51. The molecule has 2 aromatic heterocycles. The summed E-state index contributed by atoms with van der Waals surface area (Å²) in [7, 11) is 1.63. The van der Waals surface area contributed by atoms with Crippen LogP contribution in [0.3, 0.4) is 0 Å². The molecule has 7 heteroatoms. The van der Waals surface area contributed by atoms with E-state index in [1.165, 1.54) is 0 Å². The highest BCUT2D eigenvalue weighted by atomic mass is 16.5. The van der Waals surface area contributed by atoms with E-state index in [0.717, 1.165) is 12.2 Å². The lowest BCUT2D eigenvalue weighted by Crippen LogP contribution is -2.13. The van der Waals surface area contributed by atoms with Gasteiger partial charge in [-0.3, -0.25) is 9.48 Å². The molecule has 2 aromatic rings. The molecular formula is C14H19N5O2. The average Bonchev–Trinajstić information content (AvgIpc) is 2.93. The van der Waals surface area contributed by atoms with Crippen molar-refractivity contribution in [2.45, 2.75) is 13.5 Å². The fourth-order valence-corrected chi connectivity index (χ4v) is 1.77. The van der Waals surface area contributed by atoms with Gasteiger partial charge in [-0.15, -0.1) is 0 Å². The van der Waals surface area contributed by atoms with Crippen molar-refractivity contribution in [3.8, 4) is 0 Å². The third-order valence-corrected chi connectivity index (χ3v) is 2.79. The molecule has 0 aliphatic carbocycles. The molecule has 0 bridgehead atoms. The van der Waals surface area contributed by atoms with Crippen molar-refractivity contribution < 1.29 is 9.53 Å². The second kappa shape index (κ2) is 7.39. The molecule has 0 spiro atoms. The molecule has 0 aliphatic heterocycles. The number of amides is 1. The molecular weight excluding hydrogens is 270 g/mol. The van der Waals surface area contributed by atoms with E-state index in [-0.39, 0.29) is 5.91 Å². The van der Waals surface area contributed by atoms with Crippen LogP contribution in [0.25, 0.3) is 0 Å². The van der Waals surface area contributed by atoms with Gasteiger partial charge in [-0.25, -0.2) is 4.98 Å². The number of hydrogen-bond acceptors (Lipinski definition) is 5. The maximum absolute atomic E-state index is 12.1. The standard InChI is InChI=1S/C14H19N5O2/c1-3-15-11-4-5-13(16-8-11)14(20)18-12-9-17-19(10-12)6-7-21-2/h4-5,8-10,15H,3,6-7H2,1-2H3,(H,18,20). The van der Waals surface area contributed by atoms with E-state index in [0.29, 0.717) is 24.5 Å². The second-order valence-corrected chi connectivity index (χ2v) is 4.40. The second-order valence-electron chi connectivity index (χ2n) is 4.40. The van der Waals surface area contributed by atoms with Crippen molar-refractivity contribution in [2.75, 3.05) is 30.9 Å². The van der Waals surface area contributed by atoms with Crippen LogP contribution >= 0.6 is 0 Å². The van der Waals surface area contributed by atoms with Crippen LogP contribution < -0.4 is 10.6 Å².